The molecular weight excluding hydrogens is 474 g/mol. The molecule has 9 atom stereocenters. The molecule has 1 amide bonds. The van der Waals surface area contributed by atoms with Crippen LogP contribution < -0.4 is 16.4 Å². The summed E-state index contributed by atoms with van der Waals surface area (Å²) in [6.07, 6.45) is 11.5. The molecule has 0 radical (unpaired) electrons. The number of nitrogens with one attached hydrogen (secondary N) is 2. The maximum Gasteiger partial charge on any atom is 0.243 e. The lowest BCUT2D eigenvalue weighted by Crippen LogP contribution is -2.58. The molecule has 208 valence electrons. The fourth-order valence-corrected chi connectivity index (χ4v) is 4.96. The van der Waals surface area contributed by atoms with Crippen LogP contribution in [-0.4, -0.2) is 78.3 Å². The normalized spacial score (nSPS) is 38.1. The van der Waals surface area contributed by atoms with E-state index in [1.54, 1.807) is 13.0 Å². The van der Waals surface area contributed by atoms with Crippen LogP contribution in [0.25, 0.3) is 0 Å². The molecule has 3 aliphatic heterocycles. The molecule has 0 bridgehead atoms. The van der Waals surface area contributed by atoms with Crippen molar-refractivity contribution in [1.82, 2.24) is 10.6 Å². The summed E-state index contributed by atoms with van der Waals surface area (Å²) < 4.78 is 18.0. The minimum atomic E-state index is -1.13. The first kappa shape index (κ1) is 29.7. The Labute approximate surface area is 220 Å². The maximum atomic E-state index is 12.1. The van der Waals surface area contributed by atoms with Crippen LogP contribution in [0.15, 0.2) is 36.0 Å². The standard InChI is InChI=1S/C28H45N3O6/c1-6-7-8-25(33)31-22-13-19(3)23(36-20(22)4)11-9-18(2)10-12-24-26(34)28(17-35-28)14-21(37-24)15-30-27(5,29)16-32/h7-10,12,16,19-24,26,30,34H,6,11,13-15,17,29H2,1-5H3,(H,31,33)/b8-7-,12-10+,18-9+/t19-,20+,21-,22+,23-,24+,26+,27-,28+/m0/s1. The van der Waals surface area contributed by atoms with Crippen LogP contribution in [-0.2, 0) is 23.8 Å². The van der Waals surface area contributed by atoms with E-state index in [4.69, 9.17) is 19.9 Å². The van der Waals surface area contributed by atoms with Gasteiger partial charge >= 0.3 is 0 Å². The van der Waals surface area contributed by atoms with Gasteiger partial charge in [0, 0.05) is 13.0 Å². The summed E-state index contributed by atoms with van der Waals surface area (Å²) in [5.74, 6) is 0.228. The number of aldehydes is 1. The highest BCUT2D eigenvalue weighted by atomic mass is 16.6. The zero-order valence-corrected chi connectivity index (χ0v) is 22.8. The van der Waals surface area contributed by atoms with E-state index in [9.17, 15) is 14.7 Å². The molecule has 3 rings (SSSR count). The molecule has 37 heavy (non-hydrogen) atoms. The number of rotatable bonds is 11. The molecule has 0 aromatic heterocycles. The van der Waals surface area contributed by atoms with Gasteiger partial charge in [0.2, 0.25) is 5.91 Å². The lowest BCUT2D eigenvalue weighted by Gasteiger charge is -2.39. The minimum Gasteiger partial charge on any atom is -0.387 e. The molecule has 3 heterocycles. The molecule has 9 heteroatoms. The van der Waals surface area contributed by atoms with Crippen molar-refractivity contribution in [1.29, 1.82) is 0 Å². The Morgan fingerprint density at radius 1 is 1.27 bits per heavy atom. The number of nitrogens with two attached hydrogens (primary N) is 1. The second kappa shape index (κ2) is 12.8. The molecule has 0 aromatic rings. The molecule has 9 nitrogen and oxygen atoms in total. The van der Waals surface area contributed by atoms with Gasteiger partial charge in [-0.05, 0) is 52.0 Å². The minimum absolute atomic E-state index is 0.00163. The second-order valence-corrected chi connectivity index (χ2v) is 11.1. The van der Waals surface area contributed by atoms with Crippen LogP contribution in [0.2, 0.25) is 0 Å². The zero-order valence-electron chi connectivity index (χ0n) is 22.8. The van der Waals surface area contributed by atoms with E-state index in [1.807, 2.05) is 39.0 Å². The number of epoxide rings is 1. The van der Waals surface area contributed by atoms with Gasteiger partial charge in [-0.15, -0.1) is 0 Å². The van der Waals surface area contributed by atoms with Crippen molar-refractivity contribution >= 4 is 12.2 Å². The van der Waals surface area contributed by atoms with Crippen LogP contribution in [0.1, 0.15) is 60.3 Å². The number of allylic oxidation sites excluding steroid dienone is 3. The van der Waals surface area contributed by atoms with Crippen molar-refractivity contribution in [3.05, 3.63) is 36.0 Å². The van der Waals surface area contributed by atoms with Crippen LogP contribution >= 0.6 is 0 Å². The fraction of sp³-hybridized carbons (Fsp3) is 0.714. The summed E-state index contributed by atoms with van der Waals surface area (Å²) >= 11 is 0. The molecular formula is C28H45N3O6. The number of carbonyl (C=O) groups is 2. The molecule has 3 saturated heterocycles. The average molecular weight is 520 g/mol. The van der Waals surface area contributed by atoms with Crippen molar-refractivity contribution in [3.63, 3.8) is 0 Å². The van der Waals surface area contributed by atoms with E-state index in [0.717, 1.165) is 24.8 Å². The van der Waals surface area contributed by atoms with Gasteiger partial charge in [0.15, 0.2) is 6.29 Å². The quantitative estimate of drug-likeness (QED) is 0.107. The molecule has 3 aliphatic rings. The van der Waals surface area contributed by atoms with E-state index in [1.165, 1.54) is 0 Å². The summed E-state index contributed by atoms with van der Waals surface area (Å²) in [7, 11) is 0. The summed E-state index contributed by atoms with van der Waals surface area (Å²) in [5.41, 5.74) is 5.19. The molecule has 1 spiro atoms. The lowest BCUT2D eigenvalue weighted by atomic mass is 9.87. The number of amides is 1. The van der Waals surface area contributed by atoms with Crippen LogP contribution in [0.3, 0.4) is 0 Å². The Bertz CT molecular complexity index is 881. The van der Waals surface area contributed by atoms with Crippen molar-refractivity contribution < 1.29 is 28.9 Å². The molecule has 0 unspecified atom stereocenters. The molecule has 5 N–H and O–H groups in total. The van der Waals surface area contributed by atoms with Gasteiger partial charge in [-0.1, -0.05) is 43.7 Å². The number of aliphatic hydroxyl groups excluding tert-OH is 1. The van der Waals surface area contributed by atoms with Gasteiger partial charge in [0.1, 0.15) is 23.5 Å². The number of aliphatic hydroxyl groups is 1. The molecule has 0 aliphatic carbocycles. The Morgan fingerprint density at radius 2 is 2.00 bits per heavy atom. The van der Waals surface area contributed by atoms with E-state index in [-0.39, 0.29) is 30.3 Å². The first-order chi connectivity index (χ1) is 17.5. The maximum absolute atomic E-state index is 12.1. The van der Waals surface area contributed by atoms with Crippen LogP contribution in [0.4, 0.5) is 0 Å². The van der Waals surface area contributed by atoms with Gasteiger partial charge in [0.05, 0.1) is 31.0 Å². The predicted molar refractivity (Wildman–Crippen MR) is 142 cm³/mol. The van der Waals surface area contributed by atoms with Crippen LogP contribution in [0, 0.1) is 5.92 Å². The molecule has 0 aromatic carbocycles. The smallest absolute Gasteiger partial charge is 0.243 e. The third-order valence-electron chi connectivity index (χ3n) is 7.51. The lowest BCUT2D eigenvalue weighted by molar-refractivity contribution is -0.133. The van der Waals surface area contributed by atoms with Crippen molar-refractivity contribution in [2.45, 2.75) is 108 Å². The Balaban J connectivity index is 1.53. The second-order valence-electron chi connectivity index (χ2n) is 11.1. The monoisotopic (exact) mass is 519 g/mol. The van der Waals surface area contributed by atoms with Gasteiger partial charge in [-0.25, -0.2) is 0 Å². The highest BCUT2D eigenvalue weighted by Crippen LogP contribution is 2.42. The zero-order chi connectivity index (χ0) is 27.2. The highest BCUT2D eigenvalue weighted by Gasteiger charge is 2.58. The number of hydrogen-bond donors (Lipinski definition) is 4. The van der Waals surface area contributed by atoms with E-state index in [2.05, 4.69) is 23.6 Å². The number of ether oxygens (including phenoxy) is 3. The van der Waals surface area contributed by atoms with Crippen molar-refractivity contribution in [2.24, 2.45) is 11.7 Å². The summed E-state index contributed by atoms with van der Waals surface area (Å²) in [4.78, 5) is 23.2. The topological polar surface area (TPSA) is 135 Å². The summed E-state index contributed by atoms with van der Waals surface area (Å²) in [6, 6.07) is -0.00163. The molecule has 3 fully saturated rings. The Hall–Kier alpha value is -1.88. The molecule has 0 saturated carbocycles. The van der Waals surface area contributed by atoms with Gasteiger partial charge in [-0.2, -0.15) is 0 Å². The predicted octanol–water partition coefficient (Wildman–Crippen LogP) is 1.89. The van der Waals surface area contributed by atoms with Crippen LogP contribution in [0.5, 0.6) is 0 Å². The van der Waals surface area contributed by atoms with E-state index < -0.39 is 23.5 Å². The highest BCUT2D eigenvalue weighted by molar-refractivity contribution is 5.87. The average Bonchev–Trinajstić information content (AvgIpc) is 3.63. The van der Waals surface area contributed by atoms with E-state index >= 15 is 0 Å². The Kier molecular flexibility index (Phi) is 10.2. The Morgan fingerprint density at radius 3 is 2.65 bits per heavy atom. The first-order valence-electron chi connectivity index (χ1n) is 13.4. The van der Waals surface area contributed by atoms with Gasteiger partial charge < -0.3 is 30.4 Å². The fourth-order valence-electron chi connectivity index (χ4n) is 4.96. The third kappa shape index (κ3) is 8.30. The van der Waals surface area contributed by atoms with E-state index in [0.29, 0.717) is 31.8 Å². The summed E-state index contributed by atoms with van der Waals surface area (Å²) in [5, 5.41) is 16.9. The largest absolute Gasteiger partial charge is 0.387 e. The SMILES string of the molecule is CC/C=C\C(=O)N[C@@H]1C[C@H](C)[C@H](C/C=C(C)/C=C/[C@H]2O[C@H](CN[C@](C)(N)C=O)C[C@@]3(CO3)[C@@H]2O)O[C@@H]1C. The summed E-state index contributed by atoms with van der Waals surface area (Å²) in [6.45, 7) is 10.7. The number of hydrogen-bond acceptors (Lipinski definition) is 8. The third-order valence-corrected chi connectivity index (χ3v) is 7.51. The van der Waals surface area contributed by atoms with Gasteiger partial charge in [-0.3, -0.25) is 14.9 Å². The van der Waals surface area contributed by atoms with Crippen molar-refractivity contribution in [3.8, 4) is 0 Å². The number of carbonyl (C=O) groups excluding carboxylic acids is 2. The first-order valence-corrected chi connectivity index (χ1v) is 13.4. The van der Waals surface area contributed by atoms with Gasteiger partial charge in [0.25, 0.3) is 0 Å². The van der Waals surface area contributed by atoms with Crippen molar-refractivity contribution in [2.75, 3.05) is 13.2 Å².